The molecule has 3 rings (SSSR count). The van der Waals surface area contributed by atoms with Crippen molar-refractivity contribution in [1.82, 2.24) is 5.16 Å². The van der Waals surface area contributed by atoms with Gasteiger partial charge in [-0.05, 0) is 42.5 Å². The molecule has 3 aromatic rings. The highest BCUT2D eigenvalue weighted by Gasteiger charge is 2.09. The third-order valence-electron chi connectivity index (χ3n) is 3.37. The standard InChI is InChI=1S/C18H13ClF2N2O3/c19-15-7-13(5-6-16(15)21)22-18(24)10-25-9-14-8-17(26-23-14)11-1-3-12(20)4-2-11/h1-8H,9-10H2,(H,22,24). The lowest BCUT2D eigenvalue weighted by atomic mass is 10.1. The van der Waals surface area contributed by atoms with E-state index < -0.39 is 11.7 Å². The molecule has 2 aromatic carbocycles. The smallest absolute Gasteiger partial charge is 0.250 e. The first-order valence-corrected chi connectivity index (χ1v) is 7.93. The lowest BCUT2D eigenvalue weighted by molar-refractivity contribution is -0.121. The zero-order chi connectivity index (χ0) is 18.5. The normalized spacial score (nSPS) is 10.7. The SMILES string of the molecule is O=C(COCc1cc(-c2ccc(F)cc2)on1)Nc1ccc(F)c(Cl)c1. The average molecular weight is 379 g/mol. The molecule has 0 saturated heterocycles. The van der Waals surface area contributed by atoms with E-state index in [0.717, 1.165) is 6.07 Å². The van der Waals surface area contributed by atoms with Gasteiger partial charge in [0.2, 0.25) is 5.91 Å². The van der Waals surface area contributed by atoms with E-state index in [4.69, 9.17) is 20.9 Å². The van der Waals surface area contributed by atoms with Crippen LogP contribution in [0.1, 0.15) is 5.69 Å². The molecule has 5 nitrogen and oxygen atoms in total. The van der Waals surface area contributed by atoms with Crippen LogP contribution in [0.4, 0.5) is 14.5 Å². The highest BCUT2D eigenvalue weighted by molar-refractivity contribution is 6.31. The molecule has 0 fully saturated rings. The summed E-state index contributed by atoms with van der Waals surface area (Å²) in [7, 11) is 0. The van der Waals surface area contributed by atoms with Gasteiger partial charge in [-0.2, -0.15) is 0 Å². The summed E-state index contributed by atoms with van der Waals surface area (Å²) in [5.41, 5.74) is 1.53. The number of benzene rings is 2. The van der Waals surface area contributed by atoms with Gasteiger partial charge in [-0.15, -0.1) is 0 Å². The maximum atomic E-state index is 13.1. The van der Waals surface area contributed by atoms with Crippen molar-refractivity contribution in [3.05, 3.63) is 70.9 Å². The Morgan fingerprint density at radius 2 is 1.92 bits per heavy atom. The van der Waals surface area contributed by atoms with Crippen LogP contribution in [0.5, 0.6) is 0 Å². The Balaban J connectivity index is 1.49. The zero-order valence-corrected chi connectivity index (χ0v) is 14.1. The molecule has 1 amide bonds. The second-order valence-electron chi connectivity index (χ2n) is 5.36. The van der Waals surface area contributed by atoms with Gasteiger partial charge in [-0.1, -0.05) is 16.8 Å². The summed E-state index contributed by atoms with van der Waals surface area (Å²) in [6, 6.07) is 11.3. The van der Waals surface area contributed by atoms with E-state index in [-0.39, 0.29) is 24.1 Å². The van der Waals surface area contributed by atoms with Crippen molar-refractivity contribution < 1.29 is 22.8 Å². The number of hydrogen-bond acceptors (Lipinski definition) is 4. The molecule has 0 atom stereocenters. The van der Waals surface area contributed by atoms with Crippen LogP contribution in [-0.2, 0) is 16.1 Å². The Labute approximate surface area is 152 Å². The number of anilines is 1. The Hall–Kier alpha value is -2.77. The number of nitrogens with zero attached hydrogens (tertiary/aromatic N) is 1. The van der Waals surface area contributed by atoms with Crippen molar-refractivity contribution in [1.29, 1.82) is 0 Å². The minimum Gasteiger partial charge on any atom is -0.365 e. The molecule has 0 unspecified atom stereocenters. The number of halogens is 3. The van der Waals surface area contributed by atoms with Crippen LogP contribution >= 0.6 is 11.6 Å². The van der Waals surface area contributed by atoms with Crippen LogP contribution in [0.2, 0.25) is 5.02 Å². The van der Waals surface area contributed by atoms with E-state index in [1.165, 1.54) is 24.3 Å². The largest absolute Gasteiger partial charge is 0.365 e. The molecule has 1 heterocycles. The van der Waals surface area contributed by atoms with Gasteiger partial charge in [0.05, 0.1) is 11.6 Å². The first kappa shape index (κ1) is 18.0. The van der Waals surface area contributed by atoms with Crippen LogP contribution in [-0.4, -0.2) is 17.7 Å². The highest BCUT2D eigenvalue weighted by atomic mass is 35.5. The number of ether oxygens (including phenoxy) is 1. The molecule has 0 saturated carbocycles. The van der Waals surface area contributed by atoms with E-state index in [2.05, 4.69) is 10.5 Å². The lowest BCUT2D eigenvalue weighted by Gasteiger charge is -2.06. The summed E-state index contributed by atoms with van der Waals surface area (Å²) in [4.78, 5) is 11.8. The molecule has 0 spiro atoms. The molecule has 0 bridgehead atoms. The van der Waals surface area contributed by atoms with Crippen LogP contribution in [0.3, 0.4) is 0 Å². The van der Waals surface area contributed by atoms with Gasteiger partial charge in [0.15, 0.2) is 5.76 Å². The molecule has 1 aromatic heterocycles. The average Bonchev–Trinajstić information content (AvgIpc) is 3.08. The second kappa shape index (κ2) is 8.07. The number of aromatic nitrogens is 1. The molecule has 0 radical (unpaired) electrons. The Morgan fingerprint density at radius 3 is 2.65 bits per heavy atom. The molecule has 8 heteroatoms. The fourth-order valence-corrected chi connectivity index (χ4v) is 2.33. The van der Waals surface area contributed by atoms with Gasteiger partial charge in [0.1, 0.15) is 23.9 Å². The lowest BCUT2D eigenvalue weighted by Crippen LogP contribution is -2.18. The molecular weight excluding hydrogens is 366 g/mol. The van der Waals surface area contributed by atoms with Crippen molar-refractivity contribution in [2.75, 3.05) is 11.9 Å². The van der Waals surface area contributed by atoms with Crippen LogP contribution in [0, 0.1) is 11.6 Å². The Morgan fingerprint density at radius 1 is 1.15 bits per heavy atom. The third-order valence-corrected chi connectivity index (χ3v) is 3.66. The maximum absolute atomic E-state index is 13.1. The van der Waals surface area contributed by atoms with Gasteiger partial charge in [0, 0.05) is 17.3 Å². The summed E-state index contributed by atoms with van der Waals surface area (Å²) in [6.45, 7) is -0.171. The molecule has 1 N–H and O–H groups in total. The van der Waals surface area contributed by atoms with Crippen molar-refractivity contribution >= 4 is 23.2 Å². The van der Waals surface area contributed by atoms with Gasteiger partial charge in [-0.3, -0.25) is 4.79 Å². The van der Waals surface area contributed by atoms with Crippen molar-refractivity contribution in [3.63, 3.8) is 0 Å². The summed E-state index contributed by atoms with van der Waals surface area (Å²) < 4.78 is 36.4. The van der Waals surface area contributed by atoms with Gasteiger partial charge in [0.25, 0.3) is 0 Å². The number of carbonyl (C=O) groups is 1. The molecule has 134 valence electrons. The second-order valence-corrected chi connectivity index (χ2v) is 5.77. The fourth-order valence-electron chi connectivity index (χ4n) is 2.15. The van der Waals surface area contributed by atoms with E-state index in [1.807, 2.05) is 0 Å². The van der Waals surface area contributed by atoms with Gasteiger partial charge < -0.3 is 14.6 Å². The van der Waals surface area contributed by atoms with E-state index in [1.54, 1.807) is 18.2 Å². The highest BCUT2D eigenvalue weighted by Crippen LogP contribution is 2.21. The van der Waals surface area contributed by atoms with Gasteiger partial charge in [-0.25, -0.2) is 8.78 Å². The predicted molar refractivity (Wildman–Crippen MR) is 91.6 cm³/mol. The molecular formula is C18H13ClF2N2O3. The van der Waals surface area contributed by atoms with Crippen LogP contribution in [0.25, 0.3) is 11.3 Å². The molecule has 0 aliphatic rings. The number of amides is 1. The fraction of sp³-hybridized carbons (Fsp3) is 0.111. The van der Waals surface area contributed by atoms with Crippen molar-refractivity contribution in [2.45, 2.75) is 6.61 Å². The topological polar surface area (TPSA) is 64.4 Å². The van der Waals surface area contributed by atoms with E-state index >= 15 is 0 Å². The number of rotatable bonds is 6. The number of nitrogens with one attached hydrogen (secondary N) is 1. The minimum atomic E-state index is -0.566. The Bertz CT molecular complexity index is 913. The summed E-state index contributed by atoms with van der Waals surface area (Å²) in [5, 5.41) is 6.29. The number of hydrogen-bond donors (Lipinski definition) is 1. The predicted octanol–water partition coefficient (Wildman–Crippen LogP) is 4.43. The van der Waals surface area contributed by atoms with E-state index in [0.29, 0.717) is 22.7 Å². The molecule has 0 aliphatic heterocycles. The summed E-state index contributed by atoms with van der Waals surface area (Å²) in [6.07, 6.45) is 0. The summed E-state index contributed by atoms with van der Waals surface area (Å²) in [5.74, 6) is -0.863. The van der Waals surface area contributed by atoms with Crippen molar-refractivity contribution in [2.24, 2.45) is 0 Å². The monoisotopic (exact) mass is 378 g/mol. The Kier molecular flexibility index (Phi) is 5.60. The van der Waals surface area contributed by atoms with Gasteiger partial charge >= 0.3 is 0 Å². The first-order valence-electron chi connectivity index (χ1n) is 7.55. The van der Waals surface area contributed by atoms with E-state index in [9.17, 15) is 13.6 Å². The molecule has 26 heavy (non-hydrogen) atoms. The zero-order valence-electron chi connectivity index (χ0n) is 13.3. The number of carbonyl (C=O) groups excluding carboxylic acids is 1. The van der Waals surface area contributed by atoms with Crippen molar-refractivity contribution in [3.8, 4) is 11.3 Å². The molecule has 0 aliphatic carbocycles. The van der Waals surface area contributed by atoms with Crippen LogP contribution < -0.4 is 5.32 Å². The van der Waals surface area contributed by atoms with Crippen LogP contribution in [0.15, 0.2) is 53.1 Å². The summed E-state index contributed by atoms with van der Waals surface area (Å²) >= 11 is 5.65. The minimum absolute atomic E-state index is 0.0578. The quantitative estimate of drug-likeness (QED) is 0.689. The maximum Gasteiger partial charge on any atom is 0.250 e. The third kappa shape index (κ3) is 4.65. The first-order chi connectivity index (χ1) is 12.5.